The molecule has 1 heterocycles. The van der Waals surface area contributed by atoms with Crippen LogP contribution in [0.25, 0.3) is 0 Å². The molecule has 0 saturated heterocycles. The Hall–Kier alpha value is -3.68. The van der Waals surface area contributed by atoms with Crippen molar-refractivity contribution in [3.8, 4) is 23.1 Å². The number of benzene rings is 2. The minimum absolute atomic E-state index is 0.151. The molecule has 1 aromatic heterocycles. The van der Waals surface area contributed by atoms with Crippen molar-refractivity contribution in [3.05, 3.63) is 72.4 Å². The summed E-state index contributed by atoms with van der Waals surface area (Å²) in [6, 6.07) is 14.3. The first-order valence-electron chi connectivity index (χ1n) is 11.4. The molecule has 212 valence electrons. The van der Waals surface area contributed by atoms with Crippen LogP contribution in [0.15, 0.2) is 66.9 Å². The first kappa shape index (κ1) is 29.9. The summed E-state index contributed by atoms with van der Waals surface area (Å²) in [6.45, 7) is 1.15. The van der Waals surface area contributed by atoms with Crippen LogP contribution in [0.1, 0.15) is 19.4 Å². The summed E-state index contributed by atoms with van der Waals surface area (Å²) < 4.78 is 120. The van der Waals surface area contributed by atoms with E-state index in [1.807, 2.05) is 13.8 Å². The van der Waals surface area contributed by atoms with E-state index in [0.717, 1.165) is 6.20 Å². The molecule has 14 heteroatoms. The van der Waals surface area contributed by atoms with Gasteiger partial charge in [0.25, 0.3) is 0 Å². The predicted octanol–water partition coefficient (Wildman–Crippen LogP) is 6.50. The zero-order valence-electron chi connectivity index (χ0n) is 20.7. The van der Waals surface area contributed by atoms with Crippen molar-refractivity contribution in [3.63, 3.8) is 0 Å². The van der Waals surface area contributed by atoms with Gasteiger partial charge in [-0.3, -0.25) is 4.31 Å². The third-order valence-corrected chi connectivity index (χ3v) is 6.49. The van der Waals surface area contributed by atoms with E-state index in [0.29, 0.717) is 15.8 Å². The molecule has 0 spiro atoms. The van der Waals surface area contributed by atoms with Gasteiger partial charge < -0.3 is 14.2 Å². The first-order chi connectivity index (χ1) is 18.1. The van der Waals surface area contributed by atoms with Gasteiger partial charge in [0, 0.05) is 11.8 Å². The number of pyridine rings is 1. The molecule has 0 unspecified atom stereocenters. The van der Waals surface area contributed by atoms with Gasteiger partial charge in [0.15, 0.2) is 23.9 Å². The molecule has 0 N–H and O–H groups in total. The van der Waals surface area contributed by atoms with Gasteiger partial charge in [0.1, 0.15) is 5.75 Å². The zero-order chi connectivity index (χ0) is 28.8. The Labute approximate surface area is 221 Å². The van der Waals surface area contributed by atoms with Gasteiger partial charge in [-0.15, -0.1) is 0 Å². The molecule has 0 aliphatic rings. The minimum Gasteiger partial charge on any atom is -0.487 e. The topological polar surface area (TPSA) is 78.0 Å². The monoisotopic (exact) mass is 578 g/mol. The van der Waals surface area contributed by atoms with E-state index < -0.39 is 47.2 Å². The molecule has 39 heavy (non-hydrogen) atoms. The number of nitrogens with zero attached hydrogens (tertiary/aromatic N) is 2. The number of rotatable bonds is 11. The van der Waals surface area contributed by atoms with Crippen LogP contribution < -0.4 is 18.5 Å². The van der Waals surface area contributed by atoms with Crippen LogP contribution in [0.4, 0.5) is 32.0 Å². The SMILES string of the molecule is CC(C)Oc1ccccc1Oc1ccc(N(Cc2cccnc2OCC(F)(F)F)S(=O)(=O)CC(F)(F)F)cc1. The number of sulfonamides is 1. The fourth-order valence-corrected chi connectivity index (χ4v) is 4.66. The standard InChI is InChI=1S/C25H24F6N2O5S/c1-17(2)37-21-7-3-4-8-22(21)38-20-11-9-19(10-12-20)33(39(34,35)16-25(29,30)31)14-18-6-5-13-32-23(18)36-15-24(26,27)28/h3-13,17H,14-16H2,1-2H3. The summed E-state index contributed by atoms with van der Waals surface area (Å²) in [5, 5.41) is 0. The van der Waals surface area contributed by atoms with Crippen molar-refractivity contribution in [2.24, 2.45) is 0 Å². The van der Waals surface area contributed by atoms with Crippen molar-refractivity contribution >= 4 is 15.7 Å². The van der Waals surface area contributed by atoms with Crippen LogP contribution in [0.3, 0.4) is 0 Å². The fraction of sp³-hybridized carbons (Fsp3) is 0.320. The molecule has 3 aromatic rings. The minimum atomic E-state index is -5.08. The Morgan fingerprint density at radius 3 is 2.10 bits per heavy atom. The summed E-state index contributed by atoms with van der Waals surface area (Å²) >= 11 is 0. The van der Waals surface area contributed by atoms with Crippen molar-refractivity contribution in [1.82, 2.24) is 4.98 Å². The van der Waals surface area contributed by atoms with E-state index in [2.05, 4.69) is 9.72 Å². The molecular formula is C25H24F6N2O5S. The molecule has 0 radical (unpaired) electrons. The highest BCUT2D eigenvalue weighted by molar-refractivity contribution is 7.92. The Bertz CT molecular complexity index is 1350. The Morgan fingerprint density at radius 1 is 0.872 bits per heavy atom. The number of ether oxygens (including phenoxy) is 3. The number of para-hydroxylation sites is 2. The van der Waals surface area contributed by atoms with E-state index >= 15 is 0 Å². The van der Waals surface area contributed by atoms with E-state index in [-0.39, 0.29) is 23.1 Å². The molecule has 0 amide bonds. The van der Waals surface area contributed by atoms with Crippen molar-refractivity contribution in [2.45, 2.75) is 38.8 Å². The second kappa shape index (κ2) is 12.0. The van der Waals surface area contributed by atoms with Crippen LogP contribution in [0.5, 0.6) is 23.1 Å². The molecule has 0 aliphatic heterocycles. The average Bonchev–Trinajstić information content (AvgIpc) is 2.81. The largest absolute Gasteiger partial charge is 0.487 e. The number of hydrogen-bond donors (Lipinski definition) is 0. The highest BCUT2D eigenvalue weighted by atomic mass is 32.2. The summed E-state index contributed by atoms with van der Waals surface area (Å²) in [6.07, 6.45) is -8.84. The number of halogens is 6. The molecule has 0 fully saturated rings. The fourth-order valence-electron chi connectivity index (χ4n) is 3.31. The van der Waals surface area contributed by atoms with Crippen molar-refractivity contribution in [1.29, 1.82) is 0 Å². The lowest BCUT2D eigenvalue weighted by atomic mass is 10.2. The highest BCUT2D eigenvalue weighted by Gasteiger charge is 2.39. The summed E-state index contributed by atoms with van der Waals surface area (Å²) in [5.41, 5.74) is -0.364. The number of hydrogen-bond acceptors (Lipinski definition) is 6. The van der Waals surface area contributed by atoms with Crippen LogP contribution in [0, 0.1) is 0 Å². The third kappa shape index (κ3) is 9.23. The second-order valence-electron chi connectivity index (χ2n) is 8.46. The predicted molar refractivity (Wildman–Crippen MR) is 131 cm³/mol. The smallest absolute Gasteiger partial charge is 0.422 e. The maximum Gasteiger partial charge on any atom is 0.422 e. The first-order valence-corrected chi connectivity index (χ1v) is 13.0. The van der Waals surface area contributed by atoms with Crippen LogP contribution in [-0.4, -0.2) is 44.2 Å². The van der Waals surface area contributed by atoms with E-state index in [1.54, 1.807) is 24.3 Å². The van der Waals surface area contributed by atoms with Gasteiger partial charge in [-0.2, -0.15) is 26.3 Å². The average molecular weight is 579 g/mol. The van der Waals surface area contributed by atoms with Crippen LogP contribution in [-0.2, 0) is 16.6 Å². The number of aromatic nitrogens is 1. The maximum atomic E-state index is 13.1. The van der Waals surface area contributed by atoms with Crippen LogP contribution in [0.2, 0.25) is 0 Å². The molecule has 0 bridgehead atoms. The summed E-state index contributed by atoms with van der Waals surface area (Å²) in [7, 11) is -5.04. The lowest BCUT2D eigenvalue weighted by Crippen LogP contribution is -2.37. The van der Waals surface area contributed by atoms with Crippen LogP contribution >= 0.6 is 0 Å². The Balaban J connectivity index is 1.93. The maximum absolute atomic E-state index is 13.1. The molecule has 0 aliphatic carbocycles. The van der Waals surface area contributed by atoms with Gasteiger partial charge in [-0.25, -0.2) is 13.4 Å². The summed E-state index contributed by atoms with van der Waals surface area (Å²) in [4.78, 5) is 3.68. The Kier molecular flexibility index (Phi) is 9.20. The van der Waals surface area contributed by atoms with E-state index in [9.17, 15) is 34.8 Å². The van der Waals surface area contributed by atoms with Crippen molar-refractivity contribution < 1.29 is 49.0 Å². The van der Waals surface area contributed by atoms with E-state index in [1.165, 1.54) is 36.4 Å². The quantitative estimate of drug-likeness (QED) is 0.242. The third-order valence-electron chi connectivity index (χ3n) is 4.78. The lowest BCUT2D eigenvalue weighted by Gasteiger charge is -2.26. The molecule has 3 rings (SSSR count). The summed E-state index contributed by atoms with van der Waals surface area (Å²) in [5.74, 6) is -1.75. The van der Waals surface area contributed by atoms with Gasteiger partial charge in [-0.1, -0.05) is 18.2 Å². The van der Waals surface area contributed by atoms with Gasteiger partial charge >= 0.3 is 12.4 Å². The molecule has 2 aromatic carbocycles. The van der Waals surface area contributed by atoms with E-state index in [4.69, 9.17) is 9.47 Å². The number of alkyl halides is 6. The normalized spacial score (nSPS) is 12.3. The van der Waals surface area contributed by atoms with Crippen molar-refractivity contribution in [2.75, 3.05) is 16.7 Å². The second-order valence-corrected chi connectivity index (χ2v) is 10.4. The number of anilines is 1. The molecule has 7 nitrogen and oxygen atoms in total. The zero-order valence-corrected chi connectivity index (χ0v) is 21.5. The van der Waals surface area contributed by atoms with Gasteiger partial charge in [0.05, 0.1) is 18.3 Å². The Morgan fingerprint density at radius 2 is 1.51 bits per heavy atom. The van der Waals surface area contributed by atoms with Gasteiger partial charge in [-0.05, 0) is 56.3 Å². The lowest BCUT2D eigenvalue weighted by molar-refractivity contribution is -0.154. The molecular weight excluding hydrogens is 554 g/mol. The van der Waals surface area contributed by atoms with Gasteiger partial charge in [0.2, 0.25) is 15.9 Å². The molecule has 0 saturated carbocycles. The highest BCUT2D eigenvalue weighted by Crippen LogP contribution is 2.34. The molecule has 0 atom stereocenters.